The third-order valence-electron chi connectivity index (χ3n) is 3.86. The summed E-state index contributed by atoms with van der Waals surface area (Å²) in [6, 6.07) is 3.24. The van der Waals surface area contributed by atoms with Crippen molar-refractivity contribution in [3.8, 4) is 0 Å². The van der Waals surface area contributed by atoms with Gasteiger partial charge >= 0.3 is 0 Å². The molecular formula is C15H17ClN4O4S2. The first-order chi connectivity index (χ1) is 12.3. The molecule has 1 saturated heterocycles. The quantitative estimate of drug-likeness (QED) is 0.712. The minimum atomic E-state index is -2.93. The standard InChI is InChI=1S/C15H17ClN4O4S2/c1-9(14(21)18-12-3-2-11(16)7-17-12)25-15-20-19-13(24-15)6-10-4-5-26(22,23)8-10/h2-3,7,9-10H,4-6,8H2,1H3,(H,17,18,21)/t9-,10-/m0/s1. The molecule has 0 unspecified atom stereocenters. The number of amides is 1. The fourth-order valence-corrected chi connectivity index (χ4v) is 5.20. The third kappa shape index (κ3) is 5.18. The van der Waals surface area contributed by atoms with Crippen LogP contribution in [-0.4, -0.2) is 46.3 Å². The second-order valence-corrected chi connectivity index (χ2v) is 10.0. The average molecular weight is 417 g/mol. The van der Waals surface area contributed by atoms with Crippen LogP contribution in [0.2, 0.25) is 5.02 Å². The molecule has 0 radical (unpaired) electrons. The highest BCUT2D eigenvalue weighted by molar-refractivity contribution is 8.00. The number of nitrogens with one attached hydrogen (secondary N) is 1. The molecule has 0 saturated carbocycles. The SMILES string of the molecule is C[C@H](Sc1nnc(C[C@@H]2CCS(=O)(=O)C2)o1)C(=O)Nc1ccc(Cl)cn1. The molecule has 0 spiro atoms. The summed E-state index contributed by atoms with van der Waals surface area (Å²) in [7, 11) is -2.93. The van der Waals surface area contributed by atoms with Crippen LogP contribution in [0.3, 0.4) is 0 Å². The Morgan fingerprint density at radius 3 is 2.92 bits per heavy atom. The van der Waals surface area contributed by atoms with E-state index in [1.807, 2.05) is 0 Å². The van der Waals surface area contributed by atoms with Crippen molar-refractivity contribution in [2.24, 2.45) is 5.92 Å². The summed E-state index contributed by atoms with van der Waals surface area (Å²) in [6.45, 7) is 1.71. The van der Waals surface area contributed by atoms with Crippen LogP contribution in [0.4, 0.5) is 5.82 Å². The minimum Gasteiger partial charge on any atom is -0.416 e. The predicted molar refractivity (Wildman–Crippen MR) is 98.0 cm³/mol. The van der Waals surface area contributed by atoms with E-state index < -0.39 is 15.1 Å². The molecule has 0 aliphatic carbocycles. The summed E-state index contributed by atoms with van der Waals surface area (Å²) in [6.07, 6.45) is 2.49. The number of thioether (sulfide) groups is 1. The molecule has 3 heterocycles. The lowest BCUT2D eigenvalue weighted by Crippen LogP contribution is -2.22. The summed E-state index contributed by atoms with van der Waals surface area (Å²) in [5.41, 5.74) is 0. The molecule has 2 aromatic heterocycles. The molecule has 2 aromatic rings. The molecule has 0 aromatic carbocycles. The zero-order valence-electron chi connectivity index (χ0n) is 13.9. The topological polar surface area (TPSA) is 115 Å². The second-order valence-electron chi connectivity index (χ2n) is 6.05. The van der Waals surface area contributed by atoms with Crippen molar-refractivity contribution in [2.45, 2.75) is 30.2 Å². The zero-order chi connectivity index (χ0) is 18.7. The number of aromatic nitrogens is 3. The molecule has 1 fully saturated rings. The van der Waals surface area contributed by atoms with Gasteiger partial charge < -0.3 is 9.73 Å². The second kappa shape index (κ2) is 7.93. The number of hydrogen-bond acceptors (Lipinski definition) is 8. The highest BCUT2D eigenvalue weighted by atomic mass is 35.5. The van der Waals surface area contributed by atoms with Crippen molar-refractivity contribution in [3.63, 3.8) is 0 Å². The number of halogens is 1. The van der Waals surface area contributed by atoms with E-state index in [1.54, 1.807) is 19.1 Å². The number of rotatable bonds is 6. The van der Waals surface area contributed by atoms with E-state index in [-0.39, 0.29) is 28.6 Å². The number of carbonyl (C=O) groups excluding carboxylic acids is 1. The van der Waals surface area contributed by atoms with Crippen molar-refractivity contribution in [2.75, 3.05) is 16.8 Å². The van der Waals surface area contributed by atoms with E-state index in [9.17, 15) is 13.2 Å². The van der Waals surface area contributed by atoms with Gasteiger partial charge in [0.05, 0.1) is 21.8 Å². The fraction of sp³-hybridized carbons (Fsp3) is 0.467. The van der Waals surface area contributed by atoms with Gasteiger partial charge in [-0.2, -0.15) is 0 Å². The van der Waals surface area contributed by atoms with Crippen molar-refractivity contribution in [3.05, 3.63) is 29.2 Å². The van der Waals surface area contributed by atoms with Gasteiger partial charge in [0.2, 0.25) is 11.8 Å². The highest BCUT2D eigenvalue weighted by Gasteiger charge is 2.29. The number of carbonyl (C=O) groups is 1. The van der Waals surface area contributed by atoms with Gasteiger partial charge in [0.1, 0.15) is 5.82 Å². The lowest BCUT2D eigenvalue weighted by atomic mass is 10.1. The van der Waals surface area contributed by atoms with Gasteiger partial charge in [-0.05, 0) is 31.4 Å². The molecule has 26 heavy (non-hydrogen) atoms. The fourth-order valence-electron chi connectivity index (χ4n) is 2.53. The maximum absolute atomic E-state index is 12.2. The number of sulfone groups is 1. The summed E-state index contributed by atoms with van der Waals surface area (Å²) < 4.78 is 28.5. The van der Waals surface area contributed by atoms with E-state index in [0.717, 1.165) is 11.8 Å². The minimum absolute atomic E-state index is 0.00926. The molecule has 1 aliphatic heterocycles. The first-order valence-electron chi connectivity index (χ1n) is 7.92. The summed E-state index contributed by atoms with van der Waals surface area (Å²) in [5.74, 6) is 0.914. The Morgan fingerprint density at radius 1 is 1.46 bits per heavy atom. The lowest BCUT2D eigenvalue weighted by molar-refractivity contribution is -0.115. The number of nitrogens with zero attached hydrogens (tertiary/aromatic N) is 3. The molecule has 1 N–H and O–H groups in total. The monoisotopic (exact) mass is 416 g/mol. The first-order valence-corrected chi connectivity index (χ1v) is 11.0. The van der Waals surface area contributed by atoms with Gasteiger partial charge in [0.25, 0.3) is 5.22 Å². The average Bonchev–Trinajstić information content (AvgIpc) is 3.15. The van der Waals surface area contributed by atoms with Crippen LogP contribution in [0, 0.1) is 5.92 Å². The number of pyridine rings is 1. The molecule has 11 heteroatoms. The van der Waals surface area contributed by atoms with E-state index in [0.29, 0.717) is 29.6 Å². The molecule has 1 aliphatic rings. The maximum Gasteiger partial charge on any atom is 0.277 e. The molecule has 1 amide bonds. The largest absolute Gasteiger partial charge is 0.416 e. The molecule has 140 valence electrons. The van der Waals surface area contributed by atoms with Crippen molar-refractivity contribution < 1.29 is 17.6 Å². The van der Waals surface area contributed by atoms with E-state index in [2.05, 4.69) is 20.5 Å². The summed E-state index contributed by atoms with van der Waals surface area (Å²) in [4.78, 5) is 16.2. The van der Waals surface area contributed by atoms with E-state index >= 15 is 0 Å². The number of hydrogen-bond donors (Lipinski definition) is 1. The Hall–Kier alpha value is -1.65. The van der Waals surface area contributed by atoms with Crippen molar-refractivity contribution >= 4 is 44.9 Å². The van der Waals surface area contributed by atoms with Crippen LogP contribution in [0.15, 0.2) is 28.0 Å². The van der Waals surface area contributed by atoms with Crippen molar-refractivity contribution in [1.82, 2.24) is 15.2 Å². The predicted octanol–water partition coefficient (Wildman–Crippen LogP) is 2.21. The van der Waals surface area contributed by atoms with Crippen LogP contribution in [0.1, 0.15) is 19.2 Å². The van der Waals surface area contributed by atoms with Crippen LogP contribution in [-0.2, 0) is 21.1 Å². The first kappa shape index (κ1) is 19.1. The highest BCUT2D eigenvalue weighted by Crippen LogP contribution is 2.26. The molecule has 2 atom stereocenters. The van der Waals surface area contributed by atoms with Gasteiger partial charge in [-0.15, -0.1) is 10.2 Å². The normalized spacial score (nSPS) is 20.0. The molecule has 3 rings (SSSR count). The Labute approximate surface area is 160 Å². The van der Waals surface area contributed by atoms with Gasteiger partial charge in [-0.1, -0.05) is 23.4 Å². The van der Waals surface area contributed by atoms with Crippen LogP contribution in [0.5, 0.6) is 0 Å². The van der Waals surface area contributed by atoms with Crippen LogP contribution in [0.25, 0.3) is 0 Å². The van der Waals surface area contributed by atoms with Gasteiger partial charge in [0, 0.05) is 12.6 Å². The number of anilines is 1. The van der Waals surface area contributed by atoms with Crippen molar-refractivity contribution in [1.29, 1.82) is 0 Å². The van der Waals surface area contributed by atoms with E-state index in [1.165, 1.54) is 6.20 Å². The zero-order valence-corrected chi connectivity index (χ0v) is 16.3. The Bertz CT molecular complexity index is 885. The molecule has 8 nitrogen and oxygen atoms in total. The summed E-state index contributed by atoms with van der Waals surface area (Å²) in [5, 5.41) is 10.8. The Morgan fingerprint density at radius 2 is 2.27 bits per heavy atom. The summed E-state index contributed by atoms with van der Waals surface area (Å²) >= 11 is 6.88. The molecule has 0 bridgehead atoms. The van der Waals surface area contributed by atoms with Crippen LogP contribution < -0.4 is 5.32 Å². The van der Waals surface area contributed by atoms with Gasteiger partial charge in [0.15, 0.2) is 9.84 Å². The Balaban J connectivity index is 1.53. The van der Waals surface area contributed by atoms with Gasteiger partial charge in [-0.3, -0.25) is 4.79 Å². The maximum atomic E-state index is 12.2. The van der Waals surface area contributed by atoms with Crippen LogP contribution >= 0.6 is 23.4 Å². The van der Waals surface area contributed by atoms with E-state index in [4.69, 9.17) is 16.0 Å². The smallest absolute Gasteiger partial charge is 0.277 e. The third-order valence-corrected chi connectivity index (χ3v) is 6.86. The Kier molecular flexibility index (Phi) is 5.83. The van der Waals surface area contributed by atoms with Gasteiger partial charge in [-0.25, -0.2) is 13.4 Å². The lowest BCUT2D eigenvalue weighted by Gasteiger charge is -2.09. The molecular weight excluding hydrogens is 400 g/mol.